The van der Waals surface area contributed by atoms with E-state index in [0.717, 1.165) is 10.8 Å². The van der Waals surface area contributed by atoms with Gasteiger partial charge in [-0.3, -0.25) is 10.1 Å². The molecule has 22 heavy (non-hydrogen) atoms. The van der Waals surface area contributed by atoms with E-state index >= 15 is 0 Å². The number of hydrogen-bond donors (Lipinski definition) is 2. The van der Waals surface area contributed by atoms with Gasteiger partial charge in [-0.25, -0.2) is 14.8 Å². The highest BCUT2D eigenvalue weighted by atomic mass is 16.4. The van der Waals surface area contributed by atoms with Crippen LogP contribution in [0.5, 0.6) is 0 Å². The molecule has 0 fully saturated rings. The summed E-state index contributed by atoms with van der Waals surface area (Å²) < 4.78 is 0. The highest BCUT2D eigenvalue weighted by Gasteiger charge is 2.26. The first-order valence-electron chi connectivity index (χ1n) is 6.68. The standard InChI is InChI=1S/C9H9N3O2.C7H4O/c1-9(12-8(13)14)10-6-4-2-3-5-7(6)11-9;8-7-5-3-1-2-4-6(5)7/h2-5,12H,1H3,(H,13,14);1-4H. The van der Waals surface area contributed by atoms with Crippen molar-refractivity contribution in [3.8, 4) is 0 Å². The zero-order chi connectivity index (χ0) is 15.7. The van der Waals surface area contributed by atoms with Gasteiger partial charge in [-0.1, -0.05) is 36.4 Å². The van der Waals surface area contributed by atoms with E-state index in [2.05, 4.69) is 15.3 Å². The smallest absolute Gasteiger partial charge is 0.408 e. The van der Waals surface area contributed by atoms with E-state index < -0.39 is 11.9 Å². The first kappa shape index (κ1) is 13.9. The zero-order valence-corrected chi connectivity index (χ0v) is 11.8. The summed E-state index contributed by atoms with van der Waals surface area (Å²) in [5.74, 6) is -1.07. The van der Waals surface area contributed by atoms with Crippen LogP contribution < -0.4 is 21.5 Å². The molecule has 0 bridgehead atoms. The summed E-state index contributed by atoms with van der Waals surface area (Å²) in [6.07, 6.45) is -1.13. The van der Waals surface area contributed by atoms with Crippen molar-refractivity contribution >= 4 is 16.9 Å². The Labute approximate surface area is 125 Å². The number of carbonyl (C=O) groups is 1. The Bertz CT molecular complexity index is 918. The highest BCUT2D eigenvalue weighted by molar-refractivity contribution is 5.96. The molecule has 0 saturated carbocycles. The van der Waals surface area contributed by atoms with Gasteiger partial charge in [-0.15, -0.1) is 0 Å². The molecule has 3 aromatic rings. The van der Waals surface area contributed by atoms with Crippen LogP contribution in [0.15, 0.2) is 63.3 Å². The minimum Gasteiger partial charge on any atom is -0.465 e. The Morgan fingerprint density at radius 3 is 1.86 bits per heavy atom. The van der Waals surface area contributed by atoms with Crippen LogP contribution >= 0.6 is 0 Å². The van der Waals surface area contributed by atoms with Crippen LogP contribution in [0.3, 0.4) is 0 Å². The van der Waals surface area contributed by atoms with E-state index in [-0.39, 0.29) is 5.43 Å². The summed E-state index contributed by atoms with van der Waals surface area (Å²) in [5, 5.41) is 14.1. The van der Waals surface area contributed by atoms with Gasteiger partial charge in [-0.05, 0) is 12.1 Å². The van der Waals surface area contributed by atoms with Crippen LogP contribution in [0.2, 0.25) is 0 Å². The first-order valence-corrected chi connectivity index (χ1v) is 6.68. The maximum atomic E-state index is 10.5. The minimum absolute atomic E-state index is 0.218. The molecular formula is C16H13N3O3. The molecule has 110 valence electrons. The Morgan fingerprint density at radius 1 is 1.00 bits per heavy atom. The maximum absolute atomic E-state index is 10.5. The van der Waals surface area contributed by atoms with Gasteiger partial charge in [0.25, 0.3) is 0 Å². The van der Waals surface area contributed by atoms with Gasteiger partial charge in [0, 0.05) is 17.7 Å². The quantitative estimate of drug-likeness (QED) is 0.700. The Balaban J connectivity index is 0.000000151. The molecule has 1 aliphatic rings. The summed E-state index contributed by atoms with van der Waals surface area (Å²) in [6, 6.07) is 14.7. The third kappa shape index (κ3) is 2.71. The Morgan fingerprint density at radius 2 is 1.45 bits per heavy atom. The number of nitrogens with one attached hydrogen (secondary N) is 1. The van der Waals surface area contributed by atoms with E-state index in [1.165, 1.54) is 0 Å². The molecule has 0 radical (unpaired) electrons. The molecule has 0 saturated heterocycles. The number of fused-ring (bicyclic) bond motifs is 2. The van der Waals surface area contributed by atoms with Crippen molar-refractivity contribution in [1.29, 1.82) is 0 Å². The molecular weight excluding hydrogens is 282 g/mol. The van der Waals surface area contributed by atoms with Crippen molar-refractivity contribution in [1.82, 2.24) is 5.32 Å². The first-order chi connectivity index (χ1) is 10.5. The van der Waals surface area contributed by atoms with Crippen molar-refractivity contribution < 1.29 is 9.90 Å². The molecule has 4 rings (SSSR count). The van der Waals surface area contributed by atoms with Crippen molar-refractivity contribution in [3.63, 3.8) is 0 Å². The molecule has 0 aromatic heterocycles. The lowest BCUT2D eigenvalue weighted by Crippen LogP contribution is -2.41. The normalized spacial score (nSPS) is 14.4. The molecule has 3 aromatic carbocycles. The van der Waals surface area contributed by atoms with Gasteiger partial charge < -0.3 is 5.11 Å². The van der Waals surface area contributed by atoms with Crippen LogP contribution in [0.1, 0.15) is 6.92 Å². The second-order valence-electron chi connectivity index (χ2n) is 5.04. The minimum atomic E-state index is -1.13. The average Bonchev–Trinajstić information content (AvgIpc) is 2.99. The fourth-order valence-corrected chi connectivity index (χ4v) is 2.24. The number of amides is 1. The third-order valence-electron chi connectivity index (χ3n) is 3.26. The van der Waals surface area contributed by atoms with Gasteiger partial charge in [0.2, 0.25) is 5.79 Å². The van der Waals surface area contributed by atoms with Crippen molar-refractivity contribution in [3.05, 3.63) is 69.5 Å². The van der Waals surface area contributed by atoms with Crippen LogP contribution in [-0.4, -0.2) is 17.0 Å². The van der Waals surface area contributed by atoms with Crippen molar-refractivity contribution in [2.45, 2.75) is 12.7 Å². The van der Waals surface area contributed by atoms with Crippen LogP contribution in [-0.2, 0) is 0 Å². The van der Waals surface area contributed by atoms with Gasteiger partial charge in [-0.2, -0.15) is 0 Å². The summed E-state index contributed by atoms with van der Waals surface area (Å²) in [7, 11) is 0. The molecule has 0 aliphatic carbocycles. The molecule has 1 aliphatic heterocycles. The van der Waals surface area contributed by atoms with E-state index in [4.69, 9.17) is 5.11 Å². The topological polar surface area (TPSA) is 91.1 Å². The number of nitrogens with zero attached hydrogens (tertiary/aromatic N) is 2. The Hall–Kier alpha value is -3.02. The molecule has 0 unspecified atom stereocenters. The molecule has 0 atom stereocenters. The number of rotatable bonds is 1. The number of benzene rings is 2. The lowest BCUT2D eigenvalue weighted by Gasteiger charge is -2.16. The van der Waals surface area contributed by atoms with Gasteiger partial charge in [0.05, 0.1) is 10.7 Å². The fraction of sp³-hybridized carbons (Fsp3) is 0.125. The van der Waals surface area contributed by atoms with Crippen LogP contribution in [0.25, 0.3) is 10.8 Å². The van der Waals surface area contributed by atoms with Gasteiger partial charge in [0.15, 0.2) is 5.43 Å². The Kier molecular flexibility index (Phi) is 3.21. The van der Waals surface area contributed by atoms with Gasteiger partial charge in [0.1, 0.15) is 0 Å². The number of hydrogen-bond acceptors (Lipinski definition) is 4. The molecule has 6 nitrogen and oxygen atoms in total. The fourth-order valence-electron chi connectivity index (χ4n) is 2.24. The third-order valence-corrected chi connectivity index (χ3v) is 3.26. The molecule has 1 heterocycles. The highest BCUT2D eigenvalue weighted by Crippen LogP contribution is 2.11. The largest absolute Gasteiger partial charge is 0.465 e. The summed E-state index contributed by atoms with van der Waals surface area (Å²) >= 11 is 0. The molecule has 6 heteroatoms. The second kappa shape index (κ2) is 5.07. The van der Waals surface area contributed by atoms with Crippen molar-refractivity contribution in [2.24, 2.45) is 9.98 Å². The van der Waals surface area contributed by atoms with Crippen LogP contribution in [0.4, 0.5) is 4.79 Å². The SMILES string of the molecule is CC1(NC(=O)O)N=c2ccccc2=N1.O=c1c2ccccc12. The van der Waals surface area contributed by atoms with E-state index in [9.17, 15) is 9.59 Å². The monoisotopic (exact) mass is 295 g/mol. The summed E-state index contributed by atoms with van der Waals surface area (Å²) in [6.45, 7) is 1.61. The van der Waals surface area contributed by atoms with E-state index in [1.54, 1.807) is 19.1 Å². The lowest BCUT2D eigenvalue weighted by atomic mass is 10.3. The predicted molar refractivity (Wildman–Crippen MR) is 80.9 cm³/mol. The summed E-state index contributed by atoms with van der Waals surface area (Å²) in [5.41, 5.74) is 0.218. The van der Waals surface area contributed by atoms with E-state index in [0.29, 0.717) is 10.7 Å². The average molecular weight is 295 g/mol. The number of para-hydroxylation sites is 2. The number of carboxylic acid groups (broad SMARTS) is 1. The molecule has 1 amide bonds. The van der Waals surface area contributed by atoms with Crippen LogP contribution in [0, 0.1) is 0 Å². The van der Waals surface area contributed by atoms with Crippen molar-refractivity contribution in [2.75, 3.05) is 0 Å². The second-order valence-corrected chi connectivity index (χ2v) is 5.04. The molecule has 0 spiro atoms. The zero-order valence-electron chi connectivity index (χ0n) is 11.8. The molecule has 2 N–H and O–H groups in total. The maximum Gasteiger partial charge on any atom is 0.408 e. The lowest BCUT2D eigenvalue weighted by molar-refractivity contribution is 0.182. The predicted octanol–water partition coefficient (Wildman–Crippen LogP) is 0.956. The summed E-state index contributed by atoms with van der Waals surface area (Å²) in [4.78, 5) is 29.4. The van der Waals surface area contributed by atoms with E-state index in [1.807, 2.05) is 36.4 Å². The van der Waals surface area contributed by atoms with Gasteiger partial charge >= 0.3 is 6.09 Å².